The first-order chi connectivity index (χ1) is 7.86. The maximum Gasteiger partial charge on any atom is 0.0457 e. The topological polar surface area (TPSA) is 27.6 Å². The lowest BCUT2D eigenvalue weighted by atomic mass is 10.2. The van der Waals surface area contributed by atoms with E-state index in [4.69, 9.17) is 0 Å². The Morgan fingerprint density at radius 3 is 2.25 bits per heavy atom. The molecule has 0 atom stereocenters. The van der Waals surface area contributed by atoms with Gasteiger partial charge in [0, 0.05) is 18.8 Å². The minimum Gasteiger partial charge on any atom is -0.309 e. The highest BCUT2D eigenvalue weighted by atomic mass is 15.3. The third-order valence-corrected chi connectivity index (χ3v) is 3.35. The van der Waals surface area contributed by atoms with E-state index in [9.17, 15) is 0 Å². The number of likely N-dealkylation sites (N-methyl/N-ethyl adjacent to an activating group) is 1. The fraction of sp³-hybridized carbons (Fsp3) is 0.923. The van der Waals surface area contributed by atoms with Crippen molar-refractivity contribution < 1.29 is 0 Å². The van der Waals surface area contributed by atoms with Crippen LogP contribution in [0.4, 0.5) is 0 Å². The van der Waals surface area contributed by atoms with Gasteiger partial charge >= 0.3 is 0 Å². The van der Waals surface area contributed by atoms with E-state index in [1.807, 2.05) is 0 Å². The Balaban J connectivity index is 2.14. The molecule has 1 saturated carbocycles. The van der Waals surface area contributed by atoms with E-state index in [-0.39, 0.29) is 0 Å². The largest absolute Gasteiger partial charge is 0.309 e. The lowest BCUT2D eigenvalue weighted by Crippen LogP contribution is -2.30. The summed E-state index contributed by atoms with van der Waals surface area (Å²) in [7, 11) is 0. The van der Waals surface area contributed by atoms with Crippen molar-refractivity contribution >= 4 is 5.71 Å². The molecule has 0 aromatic heterocycles. The average Bonchev–Trinajstić information content (AvgIpc) is 2.58. The van der Waals surface area contributed by atoms with E-state index >= 15 is 0 Å². The molecule has 1 rings (SSSR count). The van der Waals surface area contributed by atoms with E-state index in [1.54, 1.807) is 0 Å². The smallest absolute Gasteiger partial charge is 0.0457 e. The summed E-state index contributed by atoms with van der Waals surface area (Å²) in [5.74, 6) is 0. The third-order valence-electron chi connectivity index (χ3n) is 3.35. The number of hydrazone groups is 1. The molecule has 0 unspecified atom stereocenters. The Hall–Kier alpha value is -0.570. The highest BCUT2D eigenvalue weighted by Gasteiger charge is 2.05. The van der Waals surface area contributed by atoms with Gasteiger partial charge in [0.1, 0.15) is 0 Å². The van der Waals surface area contributed by atoms with Gasteiger partial charge in [0.15, 0.2) is 0 Å². The highest BCUT2D eigenvalue weighted by molar-refractivity contribution is 5.84. The van der Waals surface area contributed by atoms with Crippen molar-refractivity contribution in [1.82, 2.24) is 10.3 Å². The van der Waals surface area contributed by atoms with Crippen molar-refractivity contribution in [3.05, 3.63) is 0 Å². The lowest BCUT2D eigenvalue weighted by Gasteiger charge is -2.17. The van der Waals surface area contributed by atoms with Crippen LogP contribution in [-0.2, 0) is 0 Å². The van der Waals surface area contributed by atoms with Crippen LogP contribution in [0.3, 0.4) is 0 Å². The quantitative estimate of drug-likeness (QED) is 0.427. The number of hydrogen-bond acceptors (Lipinski definition) is 3. The predicted octanol–water partition coefficient (Wildman–Crippen LogP) is 2.63. The molecule has 0 saturated heterocycles. The Morgan fingerprint density at radius 2 is 1.69 bits per heavy atom. The van der Waals surface area contributed by atoms with Gasteiger partial charge in [0.25, 0.3) is 0 Å². The molecule has 3 heteroatoms. The molecule has 16 heavy (non-hydrogen) atoms. The SMILES string of the molecule is CCN(CC)CCNN=C1CCCCCC1. The summed E-state index contributed by atoms with van der Waals surface area (Å²) in [5, 5.41) is 4.52. The van der Waals surface area contributed by atoms with Crippen LogP contribution >= 0.6 is 0 Å². The zero-order valence-corrected chi connectivity index (χ0v) is 11.0. The molecule has 3 nitrogen and oxygen atoms in total. The van der Waals surface area contributed by atoms with Gasteiger partial charge in [-0.3, -0.25) is 0 Å². The van der Waals surface area contributed by atoms with Crippen LogP contribution < -0.4 is 5.43 Å². The molecule has 0 heterocycles. The van der Waals surface area contributed by atoms with E-state index in [1.165, 1.54) is 44.2 Å². The van der Waals surface area contributed by atoms with Crippen LogP contribution in [0.15, 0.2) is 5.10 Å². The monoisotopic (exact) mass is 225 g/mol. The molecular formula is C13H27N3. The molecule has 0 radical (unpaired) electrons. The van der Waals surface area contributed by atoms with E-state index in [2.05, 4.69) is 29.3 Å². The van der Waals surface area contributed by atoms with Gasteiger partial charge in [-0.15, -0.1) is 0 Å². The van der Waals surface area contributed by atoms with Crippen LogP contribution in [0.2, 0.25) is 0 Å². The molecule has 0 aliphatic heterocycles. The lowest BCUT2D eigenvalue weighted by molar-refractivity contribution is 0.303. The third kappa shape index (κ3) is 5.50. The van der Waals surface area contributed by atoms with Gasteiger partial charge in [0.05, 0.1) is 0 Å². The second-order valence-electron chi connectivity index (χ2n) is 4.53. The van der Waals surface area contributed by atoms with Gasteiger partial charge in [-0.25, -0.2) is 0 Å². The number of hydrogen-bond donors (Lipinski definition) is 1. The summed E-state index contributed by atoms with van der Waals surface area (Å²) in [5.41, 5.74) is 4.61. The summed E-state index contributed by atoms with van der Waals surface area (Å²) < 4.78 is 0. The van der Waals surface area contributed by atoms with Crippen molar-refractivity contribution in [2.24, 2.45) is 5.10 Å². The molecule has 1 aliphatic rings. The van der Waals surface area contributed by atoms with Gasteiger partial charge < -0.3 is 10.3 Å². The van der Waals surface area contributed by atoms with Crippen molar-refractivity contribution in [1.29, 1.82) is 0 Å². The van der Waals surface area contributed by atoms with Crippen LogP contribution in [0.5, 0.6) is 0 Å². The minimum atomic E-state index is 0.977. The Morgan fingerprint density at radius 1 is 1.06 bits per heavy atom. The van der Waals surface area contributed by atoms with Crippen molar-refractivity contribution in [2.45, 2.75) is 52.4 Å². The second kappa shape index (κ2) is 8.57. The Kier molecular flexibility index (Phi) is 7.23. The molecule has 1 N–H and O–H groups in total. The fourth-order valence-corrected chi connectivity index (χ4v) is 2.16. The maximum atomic E-state index is 4.52. The minimum absolute atomic E-state index is 0.977. The van der Waals surface area contributed by atoms with Crippen molar-refractivity contribution in [3.8, 4) is 0 Å². The number of nitrogens with one attached hydrogen (secondary N) is 1. The van der Waals surface area contributed by atoms with Gasteiger partial charge in [0.2, 0.25) is 0 Å². The molecule has 1 fully saturated rings. The molecule has 0 aromatic rings. The molecular weight excluding hydrogens is 198 g/mol. The number of rotatable bonds is 6. The van der Waals surface area contributed by atoms with Gasteiger partial charge in [-0.2, -0.15) is 5.10 Å². The first kappa shape index (κ1) is 13.5. The van der Waals surface area contributed by atoms with E-state index in [0.717, 1.165) is 26.2 Å². The van der Waals surface area contributed by atoms with E-state index < -0.39 is 0 Å². The Bertz CT molecular complexity index is 187. The van der Waals surface area contributed by atoms with Crippen LogP contribution in [0, 0.1) is 0 Å². The average molecular weight is 225 g/mol. The number of nitrogens with zero attached hydrogens (tertiary/aromatic N) is 2. The summed E-state index contributed by atoms with van der Waals surface area (Å²) >= 11 is 0. The highest BCUT2D eigenvalue weighted by Crippen LogP contribution is 2.14. The van der Waals surface area contributed by atoms with Gasteiger partial charge in [-0.1, -0.05) is 26.7 Å². The van der Waals surface area contributed by atoms with Crippen molar-refractivity contribution in [3.63, 3.8) is 0 Å². The predicted molar refractivity (Wildman–Crippen MR) is 70.9 cm³/mol. The second-order valence-corrected chi connectivity index (χ2v) is 4.53. The van der Waals surface area contributed by atoms with Crippen LogP contribution in [0.1, 0.15) is 52.4 Å². The summed E-state index contributed by atoms with van der Waals surface area (Å²) in [6, 6.07) is 0. The maximum absolute atomic E-state index is 4.52. The van der Waals surface area contributed by atoms with Crippen molar-refractivity contribution in [2.75, 3.05) is 26.2 Å². The fourth-order valence-electron chi connectivity index (χ4n) is 2.16. The summed E-state index contributed by atoms with van der Waals surface area (Å²) in [4.78, 5) is 2.42. The molecule has 1 aliphatic carbocycles. The van der Waals surface area contributed by atoms with Crippen LogP contribution in [-0.4, -0.2) is 36.8 Å². The van der Waals surface area contributed by atoms with Crippen LogP contribution in [0.25, 0.3) is 0 Å². The molecule has 0 bridgehead atoms. The first-order valence-electron chi connectivity index (χ1n) is 6.87. The van der Waals surface area contributed by atoms with E-state index in [0.29, 0.717) is 0 Å². The molecule has 0 spiro atoms. The Labute approximate surface area is 100 Å². The molecule has 0 aromatic carbocycles. The van der Waals surface area contributed by atoms with Gasteiger partial charge in [-0.05, 0) is 38.8 Å². The molecule has 0 amide bonds. The first-order valence-corrected chi connectivity index (χ1v) is 6.87. The standard InChI is InChI=1S/C13H27N3/c1-3-16(4-2)12-11-14-15-13-9-7-5-6-8-10-13/h14H,3-12H2,1-2H3. The summed E-state index contributed by atoms with van der Waals surface area (Å²) in [6.45, 7) is 8.76. The zero-order valence-electron chi connectivity index (χ0n) is 11.0. The zero-order chi connectivity index (χ0) is 11.6. The summed E-state index contributed by atoms with van der Waals surface area (Å²) in [6.07, 6.45) is 7.85. The molecule has 94 valence electrons. The normalized spacial score (nSPS) is 17.3.